The van der Waals surface area contributed by atoms with Gasteiger partial charge in [0.25, 0.3) is 0 Å². The highest BCUT2D eigenvalue weighted by molar-refractivity contribution is 5.55. The number of hydrogen-bond donors (Lipinski definition) is 1. The van der Waals surface area contributed by atoms with Crippen molar-refractivity contribution in [3.63, 3.8) is 0 Å². The molecule has 0 saturated carbocycles. The van der Waals surface area contributed by atoms with E-state index in [1.165, 1.54) is 0 Å². The van der Waals surface area contributed by atoms with Gasteiger partial charge < -0.3 is 5.32 Å². The Morgan fingerprint density at radius 3 is 2.83 bits per heavy atom. The van der Waals surface area contributed by atoms with Crippen LogP contribution in [0.1, 0.15) is 26.0 Å². The molecule has 0 aromatic carbocycles. The van der Waals surface area contributed by atoms with Crippen LogP contribution in [0.3, 0.4) is 0 Å². The third kappa shape index (κ3) is 2.64. The smallest absolute Gasteiger partial charge is 0.223 e. The quantitative estimate of drug-likeness (QED) is 0.872. The lowest BCUT2D eigenvalue weighted by Gasteiger charge is -2.07. The van der Waals surface area contributed by atoms with Gasteiger partial charge in [0, 0.05) is 18.8 Å². The summed E-state index contributed by atoms with van der Waals surface area (Å²) in [6.07, 6.45) is 2.76. The summed E-state index contributed by atoms with van der Waals surface area (Å²) in [5.41, 5.74) is 2.72. The zero-order valence-corrected chi connectivity index (χ0v) is 11.0. The predicted molar refractivity (Wildman–Crippen MR) is 70.2 cm³/mol. The Morgan fingerprint density at radius 2 is 2.11 bits per heavy atom. The Morgan fingerprint density at radius 1 is 1.28 bits per heavy atom. The van der Waals surface area contributed by atoms with Gasteiger partial charge in [-0.1, -0.05) is 12.1 Å². The van der Waals surface area contributed by atoms with E-state index in [9.17, 15) is 0 Å². The summed E-state index contributed by atoms with van der Waals surface area (Å²) in [5.74, 6) is 0.650. The molecule has 0 unspecified atom stereocenters. The number of nitrogens with one attached hydrogen (secondary N) is 1. The van der Waals surface area contributed by atoms with Crippen LogP contribution >= 0.6 is 0 Å². The zero-order chi connectivity index (χ0) is 13.0. The van der Waals surface area contributed by atoms with Gasteiger partial charge in [-0.2, -0.15) is 0 Å². The van der Waals surface area contributed by atoms with Crippen molar-refractivity contribution in [1.82, 2.24) is 25.0 Å². The van der Waals surface area contributed by atoms with Crippen molar-refractivity contribution in [3.05, 3.63) is 18.0 Å². The Bertz CT molecular complexity index is 519. The van der Waals surface area contributed by atoms with E-state index in [2.05, 4.69) is 32.5 Å². The number of rotatable bonds is 5. The van der Waals surface area contributed by atoms with Crippen LogP contribution in [0.25, 0.3) is 11.4 Å². The lowest BCUT2D eigenvalue weighted by molar-refractivity contribution is 0.583. The minimum atomic E-state index is 0.650. The van der Waals surface area contributed by atoms with E-state index in [-0.39, 0.29) is 0 Å². The first-order chi connectivity index (χ1) is 8.74. The first-order valence-corrected chi connectivity index (χ1v) is 6.23. The van der Waals surface area contributed by atoms with Crippen molar-refractivity contribution in [2.75, 3.05) is 11.9 Å². The van der Waals surface area contributed by atoms with Crippen LogP contribution in [0.5, 0.6) is 0 Å². The summed E-state index contributed by atoms with van der Waals surface area (Å²) in [6.45, 7) is 7.74. The molecule has 18 heavy (non-hydrogen) atoms. The second-order valence-electron chi connectivity index (χ2n) is 4.09. The molecule has 1 N–H and O–H groups in total. The van der Waals surface area contributed by atoms with Crippen molar-refractivity contribution >= 4 is 5.95 Å². The molecule has 6 heteroatoms. The van der Waals surface area contributed by atoms with Crippen LogP contribution in [0.2, 0.25) is 0 Å². The zero-order valence-electron chi connectivity index (χ0n) is 11.0. The molecule has 2 heterocycles. The van der Waals surface area contributed by atoms with Crippen molar-refractivity contribution in [1.29, 1.82) is 0 Å². The third-order valence-corrected chi connectivity index (χ3v) is 2.50. The lowest BCUT2D eigenvalue weighted by atomic mass is 10.2. The largest absolute Gasteiger partial charge is 0.354 e. The fourth-order valence-electron chi connectivity index (χ4n) is 1.77. The van der Waals surface area contributed by atoms with Gasteiger partial charge in [0.15, 0.2) is 0 Å². The number of anilines is 1. The molecule has 0 radical (unpaired) electrons. The molecule has 6 nitrogen and oxygen atoms in total. The van der Waals surface area contributed by atoms with Gasteiger partial charge in [-0.25, -0.2) is 14.6 Å². The summed E-state index contributed by atoms with van der Waals surface area (Å²) in [6, 6.07) is 1.95. The Labute approximate surface area is 106 Å². The summed E-state index contributed by atoms with van der Waals surface area (Å²) >= 11 is 0. The molecule has 2 rings (SSSR count). The van der Waals surface area contributed by atoms with Crippen molar-refractivity contribution < 1.29 is 0 Å². The highest BCUT2D eigenvalue weighted by atomic mass is 15.4. The number of aromatic nitrogens is 5. The molecule has 0 fully saturated rings. The number of hydrogen-bond acceptors (Lipinski definition) is 5. The van der Waals surface area contributed by atoms with Gasteiger partial charge in [0.05, 0.1) is 11.9 Å². The van der Waals surface area contributed by atoms with Crippen LogP contribution < -0.4 is 5.32 Å². The number of aryl methyl sites for hydroxylation is 2. The molecule has 0 aliphatic carbocycles. The van der Waals surface area contributed by atoms with Gasteiger partial charge in [-0.3, -0.25) is 0 Å². The highest BCUT2D eigenvalue weighted by Gasteiger charge is 2.10. The van der Waals surface area contributed by atoms with Crippen LogP contribution in [0, 0.1) is 6.92 Å². The van der Waals surface area contributed by atoms with Gasteiger partial charge in [-0.15, -0.1) is 5.10 Å². The first kappa shape index (κ1) is 12.5. The van der Waals surface area contributed by atoms with Crippen molar-refractivity contribution in [2.24, 2.45) is 0 Å². The van der Waals surface area contributed by atoms with E-state index in [1.54, 1.807) is 6.20 Å². The van der Waals surface area contributed by atoms with Crippen molar-refractivity contribution in [3.8, 4) is 11.4 Å². The fraction of sp³-hybridized carbons (Fsp3) is 0.500. The van der Waals surface area contributed by atoms with E-state index in [0.29, 0.717) is 5.95 Å². The van der Waals surface area contributed by atoms with E-state index in [4.69, 9.17) is 0 Å². The Hall–Kier alpha value is -1.98. The van der Waals surface area contributed by atoms with Gasteiger partial charge in [-0.05, 0) is 26.3 Å². The molecule has 0 bridgehead atoms. The second kappa shape index (κ2) is 5.57. The van der Waals surface area contributed by atoms with E-state index in [0.717, 1.165) is 36.6 Å². The Balaban J connectivity index is 2.39. The Kier molecular flexibility index (Phi) is 3.86. The standard InChI is InChI=1S/C12H18N6/c1-4-6-18-11(8-14-17-18)10-7-9(3)15-12(16-10)13-5-2/h7-8H,4-6H2,1-3H3,(H,13,15,16). The predicted octanol–water partition coefficient (Wildman–Crippen LogP) is 1.89. The normalized spacial score (nSPS) is 10.6. The molecule has 0 atom stereocenters. The maximum absolute atomic E-state index is 4.49. The van der Waals surface area contributed by atoms with Gasteiger partial charge in [0.1, 0.15) is 5.69 Å². The maximum atomic E-state index is 4.49. The molecule has 2 aromatic heterocycles. The molecule has 0 saturated heterocycles. The molecule has 0 spiro atoms. The third-order valence-electron chi connectivity index (χ3n) is 2.50. The monoisotopic (exact) mass is 246 g/mol. The first-order valence-electron chi connectivity index (χ1n) is 6.23. The topological polar surface area (TPSA) is 68.5 Å². The van der Waals surface area contributed by atoms with Crippen molar-refractivity contribution in [2.45, 2.75) is 33.7 Å². The molecule has 96 valence electrons. The molecule has 0 amide bonds. The maximum Gasteiger partial charge on any atom is 0.223 e. The summed E-state index contributed by atoms with van der Waals surface area (Å²) < 4.78 is 1.87. The van der Waals surface area contributed by atoms with E-state index < -0.39 is 0 Å². The summed E-state index contributed by atoms with van der Waals surface area (Å²) in [5, 5.41) is 11.2. The van der Waals surface area contributed by atoms with Crippen LogP contribution in [0.4, 0.5) is 5.95 Å². The highest BCUT2D eigenvalue weighted by Crippen LogP contribution is 2.18. The average Bonchev–Trinajstić information content (AvgIpc) is 2.77. The summed E-state index contributed by atoms with van der Waals surface area (Å²) in [4.78, 5) is 8.82. The van der Waals surface area contributed by atoms with Crippen LogP contribution in [-0.2, 0) is 6.54 Å². The fourth-order valence-corrected chi connectivity index (χ4v) is 1.77. The SMILES string of the molecule is CCCn1nncc1-c1cc(C)nc(NCC)n1. The average molecular weight is 246 g/mol. The number of nitrogens with zero attached hydrogens (tertiary/aromatic N) is 5. The molecule has 2 aromatic rings. The van der Waals surface area contributed by atoms with Gasteiger partial charge >= 0.3 is 0 Å². The minimum Gasteiger partial charge on any atom is -0.354 e. The summed E-state index contributed by atoms with van der Waals surface area (Å²) in [7, 11) is 0. The minimum absolute atomic E-state index is 0.650. The van der Waals surface area contributed by atoms with E-state index >= 15 is 0 Å². The van der Waals surface area contributed by atoms with Gasteiger partial charge in [0.2, 0.25) is 5.95 Å². The second-order valence-corrected chi connectivity index (χ2v) is 4.09. The van der Waals surface area contributed by atoms with Crippen LogP contribution in [0.15, 0.2) is 12.3 Å². The molecule has 0 aliphatic heterocycles. The van der Waals surface area contributed by atoms with E-state index in [1.807, 2.05) is 24.6 Å². The molecule has 0 aliphatic rings. The lowest BCUT2D eigenvalue weighted by Crippen LogP contribution is -2.06. The molecular formula is C12H18N6. The van der Waals surface area contributed by atoms with Crippen LogP contribution in [-0.4, -0.2) is 31.5 Å². The molecular weight excluding hydrogens is 228 g/mol.